The first-order valence-electron chi connectivity index (χ1n) is 5.97. The molecule has 3 rings (SSSR count). The molecule has 0 amide bonds. The van der Waals surface area contributed by atoms with Crippen LogP contribution in [-0.2, 0) is 11.2 Å². The van der Waals surface area contributed by atoms with Gasteiger partial charge in [0.2, 0.25) is 0 Å². The zero-order valence-corrected chi connectivity index (χ0v) is 11.3. The number of aromatic nitrogens is 1. The molecule has 90 valence electrons. The number of carbonyl (C=O) groups is 1. The lowest BCUT2D eigenvalue weighted by Crippen LogP contribution is -2.35. The van der Waals surface area contributed by atoms with Crippen LogP contribution in [0, 0.1) is 5.41 Å². The Bertz CT molecular complexity index is 476. The predicted octanol–water partition coefficient (Wildman–Crippen LogP) is 2.10. The molecular weight excluding hydrogens is 280 g/mol. The highest BCUT2D eigenvalue weighted by Gasteiger charge is 2.57. The zero-order chi connectivity index (χ0) is 12.0. The fourth-order valence-corrected chi connectivity index (χ4v) is 3.10. The van der Waals surface area contributed by atoms with Crippen LogP contribution in [0.3, 0.4) is 0 Å². The monoisotopic (exact) mass is 294 g/mol. The van der Waals surface area contributed by atoms with Gasteiger partial charge in [-0.1, -0.05) is 13.0 Å². The molecule has 0 aromatic carbocycles. The molecule has 0 unspecified atom stereocenters. The molecule has 0 radical (unpaired) electrons. The molecule has 2 fully saturated rings. The van der Waals surface area contributed by atoms with Gasteiger partial charge in [-0.15, -0.1) is 0 Å². The highest BCUT2D eigenvalue weighted by Crippen LogP contribution is 2.54. The van der Waals surface area contributed by atoms with Crippen molar-refractivity contribution in [3.63, 3.8) is 0 Å². The second-order valence-corrected chi connectivity index (χ2v) is 6.24. The standard InChI is InChI=1S/C13H15BrN2O/c1-13-6-9(16-11(13)7-13)10(17)5-8-3-2-4-12(14)15-8/h2-4,9,11,16H,5-7H2,1H3/t9-,11+,13-/m0/s1. The summed E-state index contributed by atoms with van der Waals surface area (Å²) in [6.45, 7) is 2.26. The van der Waals surface area contributed by atoms with Gasteiger partial charge in [-0.2, -0.15) is 0 Å². The Morgan fingerprint density at radius 3 is 3.06 bits per heavy atom. The van der Waals surface area contributed by atoms with E-state index in [1.165, 1.54) is 6.42 Å². The van der Waals surface area contributed by atoms with Crippen molar-refractivity contribution in [2.24, 2.45) is 5.41 Å². The van der Waals surface area contributed by atoms with Crippen molar-refractivity contribution in [3.05, 3.63) is 28.5 Å². The normalized spacial score (nSPS) is 34.5. The molecule has 1 aromatic heterocycles. The summed E-state index contributed by atoms with van der Waals surface area (Å²) in [6.07, 6.45) is 2.65. The smallest absolute Gasteiger partial charge is 0.155 e. The van der Waals surface area contributed by atoms with Crippen molar-refractivity contribution in [1.29, 1.82) is 0 Å². The van der Waals surface area contributed by atoms with Gasteiger partial charge in [0.25, 0.3) is 0 Å². The molecule has 1 N–H and O–H groups in total. The Morgan fingerprint density at radius 2 is 2.41 bits per heavy atom. The van der Waals surface area contributed by atoms with Gasteiger partial charge in [-0.3, -0.25) is 4.79 Å². The van der Waals surface area contributed by atoms with Crippen LogP contribution in [0.5, 0.6) is 0 Å². The highest BCUT2D eigenvalue weighted by molar-refractivity contribution is 9.10. The predicted molar refractivity (Wildman–Crippen MR) is 68.7 cm³/mol. The van der Waals surface area contributed by atoms with E-state index in [2.05, 4.69) is 33.2 Å². The van der Waals surface area contributed by atoms with Gasteiger partial charge in [-0.25, -0.2) is 4.98 Å². The van der Waals surface area contributed by atoms with Gasteiger partial charge in [0, 0.05) is 11.7 Å². The fourth-order valence-electron chi connectivity index (χ4n) is 2.72. The first-order chi connectivity index (χ1) is 8.07. The minimum atomic E-state index is 0.0412. The van der Waals surface area contributed by atoms with Crippen molar-refractivity contribution in [3.8, 4) is 0 Å². The van der Waals surface area contributed by atoms with Crippen LogP contribution < -0.4 is 5.32 Å². The van der Waals surface area contributed by atoms with Crippen molar-refractivity contribution < 1.29 is 4.79 Å². The van der Waals surface area contributed by atoms with E-state index >= 15 is 0 Å². The number of rotatable bonds is 3. The molecule has 2 aliphatic rings. The van der Waals surface area contributed by atoms with E-state index in [1.807, 2.05) is 18.2 Å². The number of ketones is 1. The van der Waals surface area contributed by atoms with Crippen LogP contribution >= 0.6 is 15.9 Å². The van der Waals surface area contributed by atoms with Crippen LogP contribution in [0.15, 0.2) is 22.8 Å². The third-order valence-corrected chi connectivity index (χ3v) is 4.38. The first kappa shape index (κ1) is 11.4. The van der Waals surface area contributed by atoms with E-state index in [9.17, 15) is 4.79 Å². The maximum Gasteiger partial charge on any atom is 0.155 e. The zero-order valence-electron chi connectivity index (χ0n) is 9.74. The topological polar surface area (TPSA) is 42.0 Å². The van der Waals surface area contributed by atoms with Crippen LogP contribution in [0.4, 0.5) is 0 Å². The number of carbonyl (C=O) groups excluding carboxylic acids is 1. The summed E-state index contributed by atoms with van der Waals surface area (Å²) in [6, 6.07) is 6.31. The average molecular weight is 295 g/mol. The summed E-state index contributed by atoms with van der Waals surface area (Å²) < 4.78 is 0.789. The summed E-state index contributed by atoms with van der Waals surface area (Å²) in [7, 11) is 0. The van der Waals surface area contributed by atoms with Gasteiger partial charge < -0.3 is 5.32 Å². The van der Waals surface area contributed by atoms with Gasteiger partial charge in [0.1, 0.15) is 4.60 Å². The van der Waals surface area contributed by atoms with Gasteiger partial charge >= 0.3 is 0 Å². The second-order valence-electron chi connectivity index (χ2n) is 5.43. The van der Waals surface area contributed by atoms with E-state index in [4.69, 9.17) is 0 Å². The first-order valence-corrected chi connectivity index (χ1v) is 6.76. The second kappa shape index (κ2) is 3.89. The van der Waals surface area contributed by atoms with E-state index in [0.717, 1.165) is 16.7 Å². The molecule has 0 spiro atoms. The van der Waals surface area contributed by atoms with E-state index in [0.29, 0.717) is 17.9 Å². The number of Topliss-reactive ketones (excluding diaryl/α,β-unsaturated/α-hetero) is 1. The third-order valence-electron chi connectivity index (χ3n) is 3.94. The number of pyridine rings is 1. The van der Waals surface area contributed by atoms with E-state index < -0.39 is 0 Å². The minimum absolute atomic E-state index is 0.0412. The van der Waals surface area contributed by atoms with Crippen molar-refractivity contribution in [2.75, 3.05) is 0 Å². The lowest BCUT2D eigenvalue weighted by Gasteiger charge is -2.12. The van der Waals surface area contributed by atoms with Crippen molar-refractivity contribution in [1.82, 2.24) is 10.3 Å². The lowest BCUT2D eigenvalue weighted by molar-refractivity contribution is -0.120. The average Bonchev–Trinajstić information content (AvgIpc) is 2.77. The maximum atomic E-state index is 12.1. The van der Waals surface area contributed by atoms with Crippen molar-refractivity contribution in [2.45, 2.75) is 38.3 Å². The largest absolute Gasteiger partial charge is 0.304 e. The molecule has 2 heterocycles. The van der Waals surface area contributed by atoms with Gasteiger partial charge in [0.15, 0.2) is 5.78 Å². The molecule has 1 aliphatic carbocycles. The van der Waals surface area contributed by atoms with Crippen LogP contribution in [-0.4, -0.2) is 22.9 Å². The number of halogens is 1. The number of hydrogen-bond donors (Lipinski definition) is 1. The van der Waals surface area contributed by atoms with E-state index in [-0.39, 0.29) is 11.8 Å². The quantitative estimate of drug-likeness (QED) is 0.868. The van der Waals surface area contributed by atoms with Crippen LogP contribution in [0.1, 0.15) is 25.5 Å². The van der Waals surface area contributed by atoms with Crippen LogP contribution in [0.2, 0.25) is 0 Å². The Kier molecular flexibility index (Phi) is 2.60. The molecule has 1 aromatic rings. The van der Waals surface area contributed by atoms with E-state index in [1.54, 1.807) is 0 Å². The number of nitrogens with zero attached hydrogens (tertiary/aromatic N) is 1. The number of fused-ring (bicyclic) bond motifs is 1. The Morgan fingerprint density at radius 1 is 1.59 bits per heavy atom. The molecule has 3 atom stereocenters. The molecule has 3 nitrogen and oxygen atoms in total. The molecule has 1 aliphatic heterocycles. The molecule has 1 saturated carbocycles. The number of hydrogen-bond acceptors (Lipinski definition) is 3. The summed E-state index contributed by atoms with van der Waals surface area (Å²) in [5.74, 6) is 0.268. The summed E-state index contributed by atoms with van der Waals surface area (Å²) in [5, 5.41) is 3.41. The minimum Gasteiger partial charge on any atom is -0.304 e. The summed E-state index contributed by atoms with van der Waals surface area (Å²) >= 11 is 3.32. The Labute approximate surface area is 109 Å². The molecular formula is C13H15BrN2O. The number of nitrogens with one attached hydrogen (secondary N) is 1. The lowest BCUT2D eigenvalue weighted by atomic mass is 9.97. The van der Waals surface area contributed by atoms with Crippen molar-refractivity contribution >= 4 is 21.7 Å². The summed E-state index contributed by atoms with van der Waals surface area (Å²) in [4.78, 5) is 16.4. The van der Waals surface area contributed by atoms with Gasteiger partial charge in [-0.05, 0) is 46.3 Å². The Hall–Kier alpha value is -0.740. The SMILES string of the molecule is C[C@@]12C[C@@H](C(=O)Cc3cccc(Br)n3)N[C@@H]1C2. The molecule has 0 bridgehead atoms. The Balaban J connectivity index is 1.64. The molecule has 1 saturated heterocycles. The maximum absolute atomic E-state index is 12.1. The third kappa shape index (κ3) is 2.16. The molecule has 4 heteroatoms. The fraction of sp³-hybridized carbons (Fsp3) is 0.538. The molecule has 17 heavy (non-hydrogen) atoms. The van der Waals surface area contributed by atoms with Crippen LogP contribution in [0.25, 0.3) is 0 Å². The number of piperidine rings is 1. The highest BCUT2D eigenvalue weighted by atomic mass is 79.9. The summed E-state index contributed by atoms with van der Waals surface area (Å²) in [5.41, 5.74) is 1.24. The van der Waals surface area contributed by atoms with Gasteiger partial charge in [0.05, 0.1) is 12.5 Å².